The zero-order valence-electron chi connectivity index (χ0n) is 13.1. The van der Waals surface area contributed by atoms with Crippen molar-refractivity contribution in [1.82, 2.24) is 0 Å². The molecule has 1 aromatic heterocycles. The van der Waals surface area contributed by atoms with Gasteiger partial charge in [0.1, 0.15) is 4.88 Å². The highest BCUT2D eigenvalue weighted by atomic mass is 32.1. The number of hydrogen-bond acceptors (Lipinski definition) is 4. The zero-order chi connectivity index (χ0) is 15.4. The monoisotopic (exact) mass is 309 g/mol. The van der Waals surface area contributed by atoms with Gasteiger partial charge in [-0.15, -0.1) is 11.3 Å². The first-order chi connectivity index (χ1) is 10.1. The van der Waals surface area contributed by atoms with Gasteiger partial charge in [-0.1, -0.05) is 33.1 Å². The Balaban J connectivity index is 2.08. The summed E-state index contributed by atoms with van der Waals surface area (Å²) >= 11 is 1.43. The molecule has 5 heteroatoms. The van der Waals surface area contributed by atoms with Gasteiger partial charge >= 0.3 is 0 Å². The van der Waals surface area contributed by atoms with Crippen LogP contribution in [0, 0.1) is 5.92 Å². The minimum Gasteiger partial charge on any atom is -0.397 e. The second-order valence-electron chi connectivity index (χ2n) is 6.02. The Morgan fingerprint density at radius 2 is 2.14 bits per heavy atom. The summed E-state index contributed by atoms with van der Waals surface area (Å²) in [6, 6.07) is 0. The number of amides is 1. The lowest BCUT2D eigenvalue weighted by molar-refractivity contribution is 0.100. The van der Waals surface area contributed by atoms with Gasteiger partial charge in [-0.25, -0.2) is 0 Å². The minimum atomic E-state index is -0.412. The molecule has 0 aliphatic heterocycles. The van der Waals surface area contributed by atoms with Crippen LogP contribution < -0.4 is 16.8 Å². The van der Waals surface area contributed by atoms with Crippen molar-refractivity contribution in [3.05, 3.63) is 10.4 Å². The number of rotatable bonds is 9. The first-order valence-corrected chi connectivity index (χ1v) is 8.85. The number of nitrogens with one attached hydrogen (secondary N) is 1. The van der Waals surface area contributed by atoms with Gasteiger partial charge in [0.15, 0.2) is 0 Å². The number of carbonyl (C=O) groups is 1. The fraction of sp³-hybridized carbons (Fsp3) is 0.688. The highest BCUT2D eigenvalue weighted by Crippen LogP contribution is 2.50. The normalized spacial score (nSPS) is 15.9. The molecule has 4 nitrogen and oxygen atoms in total. The Morgan fingerprint density at radius 3 is 2.67 bits per heavy atom. The number of unbranched alkanes of at least 4 members (excludes halogenated alkanes) is 1. The Labute approximate surface area is 131 Å². The van der Waals surface area contributed by atoms with Gasteiger partial charge in [0, 0.05) is 12.1 Å². The summed E-state index contributed by atoms with van der Waals surface area (Å²) in [6.45, 7) is 5.42. The van der Waals surface area contributed by atoms with E-state index in [1.54, 1.807) is 0 Å². The average molecular weight is 309 g/mol. The van der Waals surface area contributed by atoms with Crippen LogP contribution in [-0.4, -0.2) is 12.5 Å². The fourth-order valence-corrected chi connectivity index (χ4v) is 3.80. The van der Waals surface area contributed by atoms with Crippen LogP contribution in [0.3, 0.4) is 0 Å². The van der Waals surface area contributed by atoms with E-state index >= 15 is 0 Å². The summed E-state index contributed by atoms with van der Waals surface area (Å²) in [5.41, 5.74) is 13.3. The summed E-state index contributed by atoms with van der Waals surface area (Å²) in [5, 5.41) is 4.61. The molecule has 21 heavy (non-hydrogen) atoms. The van der Waals surface area contributed by atoms with Gasteiger partial charge in [-0.2, -0.15) is 0 Å². The predicted octanol–water partition coefficient (Wildman–Crippen LogP) is 3.93. The lowest BCUT2D eigenvalue weighted by Gasteiger charge is -2.16. The molecule has 1 aliphatic rings. The third-order valence-electron chi connectivity index (χ3n) is 4.29. The van der Waals surface area contributed by atoms with Crippen molar-refractivity contribution in [2.45, 2.75) is 58.3 Å². The number of primary amides is 1. The number of thiophene rings is 1. The maximum Gasteiger partial charge on any atom is 0.260 e. The lowest BCUT2D eigenvalue weighted by atomic mass is 9.99. The molecule has 5 N–H and O–H groups in total. The molecule has 1 heterocycles. The van der Waals surface area contributed by atoms with E-state index in [0.717, 1.165) is 17.1 Å². The van der Waals surface area contributed by atoms with Gasteiger partial charge in [0.05, 0.1) is 10.7 Å². The van der Waals surface area contributed by atoms with Crippen molar-refractivity contribution in [1.29, 1.82) is 0 Å². The number of hydrogen-bond donors (Lipinski definition) is 3. The van der Waals surface area contributed by atoms with E-state index in [-0.39, 0.29) is 0 Å². The molecule has 118 valence electrons. The molecule has 1 aromatic rings. The molecule has 0 spiro atoms. The van der Waals surface area contributed by atoms with Crippen LogP contribution in [0.25, 0.3) is 0 Å². The number of nitrogens with two attached hydrogens (primary N) is 2. The Hall–Kier alpha value is -1.23. The highest BCUT2D eigenvalue weighted by molar-refractivity contribution is 7.18. The van der Waals surface area contributed by atoms with Crippen LogP contribution in [0.4, 0.5) is 10.7 Å². The molecule has 0 aromatic carbocycles. The van der Waals surface area contributed by atoms with Gasteiger partial charge in [-0.05, 0) is 31.1 Å². The molecular formula is C16H27N3OS. The van der Waals surface area contributed by atoms with Crippen LogP contribution in [0.15, 0.2) is 0 Å². The fourth-order valence-electron chi connectivity index (χ4n) is 2.73. The average Bonchev–Trinajstić information content (AvgIpc) is 3.23. The van der Waals surface area contributed by atoms with E-state index in [9.17, 15) is 4.79 Å². The number of carbonyl (C=O) groups excluding carboxylic acids is 1. The van der Waals surface area contributed by atoms with Gasteiger partial charge in [0.2, 0.25) is 0 Å². The summed E-state index contributed by atoms with van der Waals surface area (Å²) in [7, 11) is 0. The van der Waals surface area contributed by atoms with E-state index in [1.165, 1.54) is 49.9 Å². The molecule has 1 saturated carbocycles. The second kappa shape index (κ2) is 7.16. The Kier molecular flexibility index (Phi) is 5.51. The minimum absolute atomic E-state index is 0.412. The predicted molar refractivity (Wildman–Crippen MR) is 91.0 cm³/mol. The SMILES string of the molecule is CCCCC(CC)CNc1sc(C(N)=O)c(N)c1C1CC1. The second-order valence-corrected chi connectivity index (χ2v) is 7.04. The summed E-state index contributed by atoms with van der Waals surface area (Å²) in [4.78, 5) is 12.0. The van der Waals surface area contributed by atoms with Gasteiger partial charge in [0.25, 0.3) is 5.91 Å². The number of anilines is 2. The van der Waals surface area contributed by atoms with Crippen molar-refractivity contribution < 1.29 is 4.79 Å². The number of nitrogen functional groups attached to an aromatic ring is 1. The third kappa shape index (κ3) is 3.90. The smallest absolute Gasteiger partial charge is 0.260 e. The standard InChI is InChI=1S/C16H27N3OS/c1-3-5-6-10(4-2)9-19-16-12(11-7-8-11)13(17)14(21-16)15(18)20/h10-11,19H,3-9,17H2,1-2H3,(H2,18,20). The summed E-state index contributed by atoms with van der Waals surface area (Å²) in [5.74, 6) is 0.787. The molecule has 1 atom stereocenters. The summed E-state index contributed by atoms with van der Waals surface area (Å²) in [6.07, 6.45) is 7.27. The van der Waals surface area contributed by atoms with Crippen LogP contribution in [0.2, 0.25) is 0 Å². The molecule has 1 fully saturated rings. The van der Waals surface area contributed by atoms with E-state index in [4.69, 9.17) is 11.5 Å². The highest BCUT2D eigenvalue weighted by Gasteiger charge is 2.32. The zero-order valence-corrected chi connectivity index (χ0v) is 13.9. The van der Waals surface area contributed by atoms with E-state index in [2.05, 4.69) is 19.2 Å². The molecule has 0 radical (unpaired) electrons. The van der Waals surface area contributed by atoms with Crippen LogP contribution in [-0.2, 0) is 0 Å². The lowest BCUT2D eigenvalue weighted by Crippen LogP contribution is -2.13. The van der Waals surface area contributed by atoms with Gasteiger partial charge in [-0.3, -0.25) is 4.79 Å². The van der Waals surface area contributed by atoms with Crippen molar-refractivity contribution in [3.63, 3.8) is 0 Å². The molecule has 1 amide bonds. The van der Waals surface area contributed by atoms with Crippen molar-refractivity contribution in [2.24, 2.45) is 11.7 Å². The molecule has 1 unspecified atom stereocenters. The molecular weight excluding hydrogens is 282 g/mol. The van der Waals surface area contributed by atoms with Crippen molar-refractivity contribution in [3.8, 4) is 0 Å². The van der Waals surface area contributed by atoms with E-state index in [0.29, 0.717) is 22.4 Å². The maximum atomic E-state index is 11.5. The van der Waals surface area contributed by atoms with Gasteiger partial charge < -0.3 is 16.8 Å². The molecule has 2 rings (SSSR count). The van der Waals surface area contributed by atoms with Crippen molar-refractivity contribution in [2.75, 3.05) is 17.6 Å². The third-order valence-corrected chi connectivity index (χ3v) is 5.48. The van der Waals surface area contributed by atoms with Crippen LogP contribution >= 0.6 is 11.3 Å². The Morgan fingerprint density at radius 1 is 1.43 bits per heavy atom. The quantitative estimate of drug-likeness (QED) is 0.646. The van der Waals surface area contributed by atoms with Crippen LogP contribution in [0.1, 0.15) is 73.5 Å². The first-order valence-electron chi connectivity index (χ1n) is 8.04. The van der Waals surface area contributed by atoms with Crippen LogP contribution in [0.5, 0.6) is 0 Å². The molecule has 0 saturated heterocycles. The summed E-state index contributed by atoms with van der Waals surface area (Å²) < 4.78 is 0. The Bertz CT molecular complexity index is 494. The molecule has 1 aliphatic carbocycles. The topological polar surface area (TPSA) is 81.1 Å². The van der Waals surface area contributed by atoms with E-state index < -0.39 is 5.91 Å². The first kappa shape index (κ1) is 16.1. The largest absolute Gasteiger partial charge is 0.397 e. The maximum absolute atomic E-state index is 11.5. The van der Waals surface area contributed by atoms with Crippen molar-refractivity contribution >= 4 is 27.9 Å². The van der Waals surface area contributed by atoms with E-state index in [1.807, 2.05) is 0 Å². The molecule has 0 bridgehead atoms.